The lowest BCUT2D eigenvalue weighted by atomic mass is 10.1. The molecule has 0 aliphatic rings. The van der Waals surface area contributed by atoms with Gasteiger partial charge in [0.05, 0.1) is 26.0 Å². The minimum absolute atomic E-state index is 0.196. The van der Waals surface area contributed by atoms with E-state index in [2.05, 4.69) is 21.0 Å². The van der Waals surface area contributed by atoms with Gasteiger partial charge in [-0.2, -0.15) is 5.10 Å². The number of hydrogen-bond donors (Lipinski definition) is 1. The van der Waals surface area contributed by atoms with Crippen LogP contribution in [0.1, 0.15) is 11.1 Å². The van der Waals surface area contributed by atoms with E-state index in [4.69, 9.17) is 4.74 Å². The molecule has 0 amide bonds. The topological polar surface area (TPSA) is 68.8 Å². The standard InChI is InChI=1S/C21H18BrN3O3/c1-28-17-7-5-15(6-8-17)19-18(13-26)20-21(27)24(9-10-25(20)23-19)12-14-3-2-4-16(22)11-14/h2-11,26H,12-13H2,1H3. The summed E-state index contributed by atoms with van der Waals surface area (Å²) >= 11 is 3.45. The summed E-state index contributed by atoms with van der Waals surface area (Å²) in [6, 6.07) is 15.2. The molecule has 0 aliphatic heterocycles. The van der Waals surface area contributed by atoms with Crippen molar-refractivity contribution >= 4 is 21.4 Å². The number of halogens is 1. The Kier molecular flexibility index (Phi) is 5.02. The Morgan fingerprint density at radius 3 is 2.61 bits per heavy atom. The largest absolute Gasteiger partial charge is 0.497 e. The van der Waals surface area contributed by atoms with Crippen LogP contribution < -0.4 is 10.3 Å². The van der Waals surface area contributed by atoms with Crippen LogP contribution in [0, 0.1) is 0 Å². The van der Waals surface area contributed by atoms with E-state index in [1.165, 1.54) is 4.52 Å². The summed E-state index contributed by atoms with van der Waals surface area (Å²) in [7, 11) is 1.60. The fourth-order valence-corrected chi connectivity index (χ4v) is 3.68. The second kappa shape index (κ2) is 7.61. The van der Waals surface area contributed by atoms with Gasteiger partial charge < -0.3 is 14.4 Å². The molecule has 142 valence electrons. The zero-order valence-corrected chi connectivity index (χ0v) is 16.8. The van der Waals surface area contributed by atoms with Gasteiger partial charge in [0.1, 0.15) is 11.3 Å². The predicted octanol–water partition coefficient (Wildman–Crippen LogP) is 3.47. The van der Waals surface area contributed by atoms with Crippen LogP contribution in [0.25, 0.3) is 16.8 Å². The summed E-state index contributed by atoms with van der Waals surface area (Å²) < 4.78 is 9.30. The number of fused-ring (bicyclic) bond motifs is 1. The van der Waals surface area contributed by atoms with Crippen LogP contribution in [0.5, 0.6) is 5.75 Å². The van der Waals surface area contributed by atoms with Gasteiger partial charge in [0.25, 0.3) is 5.56 Å². The van der Waals surface area contributed by atoms with E-state index in [-0.39, 0.29) is 12.2 Å². The van der Waals surface area contributed by atoms with Crippen molar-refractivity contribution in [2.45, 2.75) is 13.2 Å². The smallest absolute Gasteiger partial charge is 0.277 e. The van der Waals surface area contributed by atoms with Crippen molar-refractivity contribution in [3.8, 4) is 17.0 Å². The van der Waals surface area contributed by atoms with Gasteiger partial charge in [-0.05, 0) is 42.0 Å². The van der Waals surface area contributed by atoms with E-state index in [1.807, 2.05) is 48.5 Å². The van der Waals surface area contributed by atoms with Crippen molar-refractivity contribution in [1.82, 2.24) is 14.2 Å². The van der Waals surface area contributed by atoms with E-state index in [0.717, 1.165) is 21.3 Å². The number of nitrogens with zero attached hydrogens (tertiary/aromatic N) is 3. The van der Waals surface area contributed by atoms with Crippen LogP contribution in [-0.4, -0.2) is 26.4 Å². The minimum atomic E-state index is -0.277. The van der Waals surface area contributed by atoms with Crippen LogP contribution >= 0.6 is 15.9 Å². The van der Waals surface area contributed by atoms with Gasteiger partial charge in [-0.15, -0.1) is 0 Å². The van der Waals surface area contributed by atoms with Crippen LogP contribution in [0.15, 0.2) is 70.2 Å². The SMILES string of the molecule is COc1ccc(-c2nn3ccn(Cc4cccc(Br)c4)c(=O)c3c2CO)cc1. The maximum Gasteiger partial charge on any atom is 0.277 e. The molecule has 7 heteroatoms. The van der Waals surface area contributed by atoms with Gasteiger partial charge in [-0.25, -0.2) is 4.52 Å². The van der Waals surface area contributed by atoms with Crippen LogP contribution in [0.2, 0.25) is 0 Å². The van der Waals surface area contributed by atoms with Gasteiger partial charge in [-0.1, -0.05) is 28.1 Å². The summed E-state index contributed by atoms with van der Waals surface area (Å²) in [6.45, 7) is 0.156. The lowest BCUT2D eigenvalue weighted by Crippen LogP contribution is -2.22. The Bertz CT molecular complexity index is 1200. The van der Waals surface area contributed by atoms with Crippen molar-refractivity contribution in [2.75, 3.05) is 7.11 Å². The molecular weight excluding hydrogens is 422 g/mol. The summed E-state index contributed by atoms with van der Waals surface area (Å²) in [6.07, 6.45) is 3.45. The van der Waals surface area contributed by atoms with Crippen LogP contribution in [0.4, 0.5) is 0 Å². The normalized spacial score (nSPS) is 11.1. The summed E-state index contributed by atoms with van der Waals surface area (Å²) in [5, 5.41) is 14.5. The molecular formula is C21H18BrN3O3. The molecule has 2 aromatic heterocycles. The number of hydrogen-bond acceptors (Lipinski definition) is 4. The molecule has 4 rings (SSSR count). The third-order valence-electron chi connectivity index (χ3n) is 4.62. The predicted molar refractivity (Wildman–Crippen MR) is 111 cm³/mol. The van der Waals surface area contributed by atoms with Crippen molar-refractivity contribution < 1.29 is 9.84 Å². The fraction of sp³-hybridized carbons (Fsp3) is 0.143. The van der Waals surface area contributed by atoms with E-state index in [0.29, 0.717) is 23.3 Å². The third kappa shape index (κ3) is 3.34. The van der Waals surface area contributed by atoms with Crippen LogP contribution in [-0.2, 0) is 13.2 Å². The summed E-state index contributed by atoms with van der Waals surface area (Å²) in [5.74, 6) is 0.731. The summed E-state index contributed by atoms with van der Waals surface area (Å²) in [5.41, 5.74) is 3.10. The molecule has 0 aliphatic carbocycles. The van der Waals surface area contributed by atoms with Gasteiger partial charge in [0.15, 0.2) is 0 Å². The van der Waals surface area contributed by atoms with Crippen molar-refractivity contribution in [2.24, 2.45) is 0 Å². The van der Waals surface area contributed by atoms with Gasteiger partial charge in [0, 0.05) is 28.0 Å². The van der Waals surface area contributed by atoms with E-state index >= 15 is 0 Å². The average molecular weight is 440 g/mol. The van der Waals surface area contributed by atoms with Crippen molar-refractivity contribution in [1.29, 1.82) is 0 Å². The monoisotopic (exact) mass is 439 g/mol. The number of aliphatic hydroxyl groups excluding tert-OH is 1. The maximum atomic E-state index is 13.1. The maximum absolute atomic E-state index is 13.1. The number of rotatable bonds is 5. The zero-order valence-electron chi connectivity index (χ0n) is 15.2. The number of ether oxygens (including phenoxy) is 1. The Morgan fingerprint density at radius 1 is 1.14 bits per heavy atom. The second-order valence-corrected chi connectivity index (χ2v) is 7.28. The highest BCUT2D eigenvalue weighted by Crippen LogP contribution is 2.26. The first-order chi connectivity index (χ1) is 13.6. The molecule has 4 aromatic rings. The minimum Gasteiger partial charge on any atom is -0.497 e. The highest BCUT2D eigenvalue weighted by atomic mass is 79.9. The molecule has 6 nitrogen and oxygen atoms in total. The molecule has 0 atom stereocenters. The second-order valence-electron chi connectivity index (χ2n) is 6.37. The fourth-order valence-electron chi connectivity index (χ4n) is 3.24. The molecule has 2 aromatic carbocycles. The number of aliphatic hydroxyl groups is 1. The Hall–Kier alpha value is -2.90. The Morgan fingerprint density at radius 2 is 1.93 bits per heavy atom. The van der Waals surface area contributed by atoms with Gasteiger partial charge >= 0.3 is 0 Å². The molecule has 0 saturated heterocycles. The van der Waals surface area contributed by atoms with E-state index in [1.54, 1.807) is 24.1 Å². The lowest BCUT2D eigenvalue weighted by molar-refractivity contribution is 0.283. The van der Waals surface area contributed by atoms with Gasteiger partial charge in [0.2, 0.25) is 0 Å². The molecule has 0 bridgehead atoms. The third-order valence-corrected chi connectivity index (χ3v) is 5.12. The van der Waals surface area contributed by atoms with Gasteiger partial charge in [-0.3, -0.25) is 4.79 Å². The molecule has 0 unspecified atom stereocenters. The van der Waals surface area contributed by atoms with E-state index < -0.39 is 0 Å². The first kappa shape index (κ1) is 18.5. The van der Waals surface area contributed by atoms with Crippen LogP contribution in [0.3, 0.4) is 0 Å². The number of methoxy groups -OCH3 is 1. The number of aromatic nitrogens is 3. The molecule has 1 N–H and O–H groups in total. The molecule has 28 heavy (non-hydrogen) atoms. The zero-order chi connectivity index (χ0) is 19.7. The molecule has 0 saturated carbocycles. The quantitative estimate of drug-likeness (QED) is 0.516. The molecule has 0 spiro atoms. The van der Waals surface area contributed by atoms with Crippen molar-refractivity contribution in [3.63, 3.8) is 0 Å². The molecule has 0 fully saturated rings. The lowest BCUT2D eigenvalue weighted by Gasteiger charge is -2.07. The first-order valence-electron chi connectivity index (χ1n) is 8.71. The Labute approximate surface area is 169 Å². The molecule has 2 heterocycles. The number of benzene rings is 2. The molecule has 0 radical (unpaired) electrons. The Balaban J connectivity index is 1.82. The highest BCUT2D eigenvalue weighted by Gasteiger charge is 2.18. The highest BCUT2D eigenvalue weighted by molar-refractivity contribution is 9.10. The van der Waals surface area contributed by atoms with E-state index in [9.17, 15) is 9.90 Å². The van der Waals surface area contributed by atoms with Crippen molar-refractivity contribution in [3.05, 3.63) is 86.9 Å². The first-order valence-corrected chi connectivity index (χ1v) is 9.50. The average Bonchev–Trinajstić information content (AvgIpc) is 3.09. The summed E-state index contributed by atoms with van der Waals surface area (Å²) in [4.78, 5) is 13.1.